The number of nitrogens with zero attached hydrogens (tertiary/aromatic N) is 1. The Labute approximate surface area is 228 Å². The van der Waals surface area contributed by atoms with E-state index < -0.39 is 6.04 Å². The molecule has 4 rings (SSSR count). The van der Waals surface area contributed by atoms with Gasteiger partial charge in [0.2, 0.25) is 11.8 Å². The van der Waals surface area contributed by atoms with Crippen LogP contribution in [0.4, 0.5) is 5.69 Å². The molecule has 2 atom stereocenters. The summed E-state index contributed by atoms with van der Waals surface area (Å²) in [6.07, 6.45) is 0.180. The van der Waals surface area contributed by atoms with Crippen molar-refractivity contribution < 1.29 is 23.8 Å². The maximum absolute atomic E-state index is 13.7. The van der Waals surface area contributed by atoms with Gasteiger partial charge in [0.15, 0.2) is 11.5 Å². The Morgan fingerprint density at radius 3 is 2.32 bits per heavy atom. The number of benzene rings is 3. The molecule has 1 heterocycles. The molecular formula is C30H33ClN2O5. The van der Waals surface area contributed by atoms with E-state index >= 15 is 0 Å². The Balaban J connectivity index is 1.77. The molecule has 0 radical (unpaired) electrons. The minimum Gasteiger partial charge on any atom is -0.493 e. The molecule has 8 heteroatoms. The van der Waals surface area contributed by atoms with Crippen LogP contribution in [-0.2, 0) is 20.7 Å². The van der Waals surface area contributed by atoms with E-state index in [1.165, 1.54) is 7.11 Å². The van der Waals surface area contributed by atoms with Gasteiger partial charge in [0.1, 0.15) is 6.61 Å². The van der Waals surface area contributed by atoms with Crippen LogP contribution in [0.3, 0.4) is 0 Å². The van der Waals surface area contributed by atoms with E-state index in [-0.39, 0.29) is 37.0 Å². The molecule has 7 nitrogen and oxygen atoms in total. The molecule has 0 saturated carbocycles. The van der Waals surface area contributed by atoms with Gasteiger partial charge < -0.3 is 24.4 Å². The van der Waals surface area contributed by atoms with Crippen molar-refractivity contribution in [3.8, 4) is 11.5 Å². The number of halogens is 1. The first kappa shape index (κ1) is 27.5. The molecule has 3 aromatic carbocycles. The molecule has 0 spiro atoms. The highest BCUT2D eigenvalue weighted by Gasteiger charge is 2.36. The van der Waals surface area contributed by atoms with Gasteiger partial charge >= 0.3 is 0 Å². The maximum Gasteiger partial charge on any atom is 0.246 e. The van der Waals surface area contributed by atoms with Crippen LogP contribution in [0.1, 0.15) is 55.1 Å². The van der Waals surface area contributed by atoms with E-state index in [9.17, 15) is 9.59 Å². The summed E-state index contributed by atoms with van der Waals surface area (Å²) < 4.78 is 16.6. The highest BCUT2D eigenvalue weighted by Crippen LogP contribution is 2.43. The summed E-state index contributed by atoms with van der Waals surface area (Å²) in [5, 5.41) is 3.53. The third-order valence-corrected chi connectivity index (χ3v) is 6.71. The average molecular weight is 537 g/mol. The van der Waals surface area contributed by atoms with Crippen LogP contribution in [0.2, 0.25) is 5.02 Å². The number of nitrogens with one attached hydrogen (secondary N) is 1. The highest BCUT2D eigenvalue weighted by molar-refractivity contribution is 6.30. The number of anilines is 1. The van der Waals surface area contributed by atoms with Crippen LogP contribution in [0.15, 0.2) is 60.7 Å². The quantitative estimate of drug-likeness (QED) is 0.383. The standard InChI is InChI=1S/C30H33ClN2O5/c1-18(2)38-27-16-25-22(14-26(27)37-5)15-29(35)33(30(25)21-6-10-23(31)11-7-21)24-12-8-20(9-13-24)19(3)32-28(34)17-36-4/h6-14,16,18-19,30H,15,17H2,1-5H3,(H,32,34). The van der Waals surface area contributed by atoms with Crippen LogP contribution in [0.25, 0.3) is 0 Å². The zero-order chi connectivity index (χ0) is 27.4. The number of carbonyl (C=O) groups excluding carboxylic acids is 2. The average Bonchev–Trinajstić information content (AvgIpc) is 2.88. The summed E-state index contributed by atoms with van der Waals surface area (Å²) >= 11 is 6.20. The lowest BCUT2D eigenvalue weighted by molar-refractivity contribution is -0.125. The zero-order valence-electron chi connectivity index (χ0n) is 22.3. The minimum atomic E-state index is -0.395. The Kier molecular flexibility index (Phi) is 8.59. The largest absolute Gasteiger partial charge is 0.493 e. The van der Waals surface area contributed by atoms with E-state index in [0.717, 1.165) is 27.9 Å². The molecule has 2 amide bonds. The van der Waals surface area contributed by atoms with Crippen molar-refractivity contribution in [3.63, 3.8) is 0 Å². The zero-order valence-corrected chi connectivity index (χ0v) is 23.0. The van der Waals surface area contributed by atoms with Gasteiger partial charge in [-0.2, -0.15) is 0 Å². The first-order valence-corrected chi connectivity index (χ1v) is 12.9. The summed E-state index contributed by atoms with van der Waals surface area (Å²) in [6.45, 7) is 5.84. The maximum atomic E-state index is 13.7. The Morgan fingerprint density at radius 2 is 1.71 bits per heavy atom. The molecule has 1 aliphatic rings. The molecule has 200 valence electrons. The van der Waals surface area contributed by atoms with Gasteiger partial charge in [-0.3, -0.25) is 9.59 Å². The predicted octanol–water partition coefficient (Wildman–Crippen LogP) is 5.64. The second kappa shape index (κ2) is 11.9. The molecule has 2 unspecified atom stereocenters. The van der Waals surface area contributed by atoms with Crippen LogP contribution in [0, 0.1) is 0 Å². The molecular weight excluding hydrogens is 504 g/mol. The molecule has 0 aliphatic carbocycles. The summed E-state index contributed by atoms with van der Waals surface area (Å²) in [6, 6.07) is 18.5. The lowest BCUT2D eigenvalue weighted by Gasteiger charge is -2.38. The van der Waals surface area contributed by atoms with Gasteiger partial charge in [-0.25, -0.2) is 0 Å². The van der Waals surface area contributed by atoms with Crippen molar-refractivity contribution in [2.75, 3.05) is 25.7 Å². The minimum absolute atomic E-state index is 0.000180. The van der Waals surface area contributed by atoms with Crippen LogP contribution >= 0.6 is 11.6 Å². The van der Waals surface area contributed by atoms with E-state index in [1.807, 2.05) is 86.3 Å². The lowest BCUT2D eigenvalue weighted by atomic mass is 9.86. The van der Waals surface area contributed by atoms with Crippen molar-refractivity contribution in [2.24, 2.45) is 0 Å². The van der Waals surface area contributed by atoms with Gasteiger partial charge in [-0.05, 0) is 79.4 Å². The van der Waals surface area contributed by atoms with Gasteiger partial charge in [-0.15, -0.1) is 0 Å². The molecule has 0 bridgehead atoms. The Bertz CT molecular complexity index is 1290. The second-order valence-corrected chi connectivity index (χ2v) is 10.0. The molecule has 3 aromatic rings. The second-order valence-electron chi connectivity index (χ2n) is 9.58. The fourth-order valence-electron chi connectivity index (χ4n) is 4.75. The topological polar surface area (TPSA) is 77.1 Å². The molecule has 0 aromatic heterocycles. The number of methoxy groups -OCH3 is 2. The van der Waals surface area contributed by atoms with Crippen LogP contribution < -0.4 is 19.7 Å². The summed E-state index contributed by atoms with van der Waals surface area (Å²) in [7, 11) is 3.08. The van der Waals surface area contributed by atoms with Crippen molar-refractivity contribution in [3.05, 3.63) is 87.9 Å². The van der Waals surface area contributed by atoms with Gasteiger partial charge in [0, 0.05) is 17.8 Å². The summed E-state index contributed by atoms with van der Waals surface area (Å²) in [5.74, 6) is 1.00. The smallest absolute Gasteiger partial charge is 0.246 e. The molecule has 38 heavy (non-hydrogen) atoms. The van der Waals surface area contributed by atoms with Gasteiger partial charge in [0.25, 0.3) is 0 Å². The number of carbonyl (C=O) groups is 2. The number of fused-ring (bicyclic) bond motifs is 1. The number of hydrogen-bond donors (Lipinski definition) is 1. The molecule has 0 fully saturated rings. The normalized spacial score (nSPS) is 15.7. The molecule has 1 aliphatic heterocycles. The SMILES string of the molecule is COCC(=O)NC(C)c1ccc(N2C(=O)Cc3cc(OC)c(OC(C)C)cc3C2c2ccc(Cl)cc2)cc1. The number of ether oxygens (including phenoxy) is 3. The third-order valence-electron chi connectivity index (χ3n) is 6.46. The predicted molar refractivity (Wildman–Crippen MR) is 148 cm³/mol. The fraction of sp³-hybridized carbons (Fsp3) is 0.333. The van der Waals surface area contributed by atoms with Gasteiger partial charge in [-0.1, -0.05) is 35.9 Å². The number of amides is 2. The van der Waals surface area contributed by atoms with Crippen LogP contribution in [-0.4, -0.2) is 38.7 Å². The van der Waals surface area contributed by atoms with E-state index in [4.69, 9.17) is 25.8 Å². The van der Waals surface area contributed by atoms with Crippen molar-refractivity contribution in [2.45, 2.75) is 45.4 Å². The Morgan fingerprint density at radius 1 is 1.03 bits per heavy atom. The third kappa shape index (κ3) is 5.95. The van der Waals surface area contributed by atoms with E-state index in [2.05, 4.69) is 5.32 Å². The van der Waals surface area contributed by atoms with Crippen molar-refractivity contribution in [1.82, 2.24) is 5.32 Å². The lowest BCUT2D eigenvalue weighted by Crippen LogP contribution is -2.41. The monoisotopic (exact) mass is 536 g/mol. The molecule has 1 N–H and O–H groups in total. The number of rotatable bonds is 9. The van der Waals surface area contributed by atoms with E-state index in [0.29, 0.717) is 16.5 Å². The summed E-state index contributed by atoms with van der Waals surface area (Å²) in [4.78, 5) is 27.4. The van der Waals surface area contributed by atoms with Crippen molar-refractivity contribution in [1.29, 1.82) is 0 Å². The van der Waals surface area contributed by atoms with E-state index in [1.54, 1.807) is 7.11 Å². The van der Waals surface area contributed by atoms with Gasteiger partial charge in [0.05, 0.1) is 31.7 Å². The Hall–Kier alpha value is -3.55. The fourth-order valence-corrected chi connectivity index (χ4v) is 4.88. The first-order chi connectivity index (χ1) is 18.2. The van der Waals surface area contributed by atoms with Crippen LogP contribution in [0.5, 0.6) is 11.5 Å². The first-order valence-electron chi connectivity index (χ1n) is 12.5. The highest BCUT2D eigenvalue weighted by atomic mass is 35.5. The summed E-state index contributed by atoms with van der Waals surface area (Å²) in [5.41, 5.74) is 4.46. The number of hydrogen-bond acceptors (Lipinski definition) is 5. The molecule has 0 saturated heterocycles. The van der Waals surface area contributed by atoms with Crippen molar-refractivity contribution >= 4 is 29.1 Å².